The molecule has 0 saturated heterocycles. The molecule has 1 N–H and O–H groups in total. The van der Waals surface area contributed by atoms with Crippen LogP contribution >= 0.6 is 0 Å². The summed E-state index contributed by atoms with van der Waals surface area (Å²) in [6.45, 7) is 0.934. The Kier molecular flexibility index (Phi) is 3.41. The second-order valence-corrected chi connectivity index (χ2v) is 2.97. The van der Waals surface area contributed by atoms with Crippen molar-refractivity contribution in [3.8, 4) is 5.75 Å². The highest BCUT2D eigenvalue weighted by Gasteiger charge is 2.13. The quantitative estimate of drug-likeness (QED) is 0.815. The van der Waals surface area contributed by atoms with Crippen molar-refractivity contribution >= 4 is 0 Å². The Labute approximate surface area is 81.1 Å². The fourth-order valence-electron chi connectivity index (χ4n) is 1.25. The van der Waals surface area contributed by atoms with Crippen molar-refractivity contribution in [1.29, 1.82) is 0 Å². The van der Waals surface area contributed by atoms with Gasteiger partial charge in [0.25, 0.3) is 0 Å². The molecule has 78 valence electrons. The zero-order chi connectivity index (χ0) is 10.7. The third-order valence-corrected chi connectivity index (χ3v) is 1.98. The molecule has 0 bridgehead atoms. The van der Waals surface area contributed by atoms with Crippen molar-refractivity contribution in [2.24, 2.45) is 0 Å². The minimum atomic E-state index is -1.26. The second-order valence-electron chi connectivity index (χ2n) is 2.97. The van der Waals surface area contributed by atoms with Gasteiger partial charge < -0.3 is 9.84 Å². The van der Waals surface area contributed by atoms with E-state index in [4.69, 9.17) is 9.84 Å². The first-order valence-electron chi connectivity index (χ1n) is 4.21. The first kappa shape index (κ1) is 10.9. The average Bonchev–Trinajstić information content (AvgIpc) is 2.16. The number of hydrogen-bond donors (Lipinski definition) is 1. The van der Waals surface area contributed by atoms with Gasteiger partial charge in [0.15, 0.2) is 11.6 Å². The van der Waals surface area contributed by atoms with Crippen LogP contribution in [0.1, 0.15) is 24.2 Å². The molecule has 2 nitrogen and oxygen atoms in total. The number of benzene rings is 1. The van der Waals surface area contributed by atoms with E-state index in [1.807, 2.05) is 0 Å². The Morgan fingerprint density at radius 1 is 1.50 bits per heavy atom. The third-order valence-electron chi connectivity index (χ3n) is 1.98. The summed E-state index contributed by atoms with van der Waals surface area (Å²) in [5.41, 5.74) is 0.458. The van der Waals surface area contributed by atoms with E-state index in [0.29, 0.717) is 0 Å². The number of alkyl halides is 1. The van der Waals surface area contributed by atoms with E-state index >= 15 is 0 Å². The lowest BCUT2D eigenvalue weighted by Crippen LogP contribution is -1.98. The van der Waals surface area contributed by atoms with Crippen LogP contribution in [0.2, 0.25) is 0 Å². The number of methoxy groups -OCH3 is 1. The Bertz CT molecular complexity index is 324. The van der Waals surface area contributed by atoms with Gasteiger partial charge >= 0.3 is 0 Å². The molecule has 14 heavy (non-hydrogen) atoms. The van der Waals surface area contributed by atoms with E-state index in [-0.39, 0.29) is 23.5 Å². The standard InChI is InChI=1S/C10H12F2O2/c1-6(11)7-3-8(5-13)10(14-2)9(12)4-7/h3-4,6,13H,5H2,1-2H3. The molecule has 4 heteroatoms. The number of rotatable bonds is 3. The van der Waals surface area contributed by atoms with Gasteiger partial charge in [-0.1, -0.05) is 0 Å². The van der Waals surface area contributed by atoms with Gasteiger partial charge in [0.1, 0.15) is 6.17 Å². The molecule has 0 aromatic heterocycles. The molecule has 0 saturated carbocycles. The molecule has 0 aliphatic carbocycles. The first-order chi connectivity index (χ1) is 6.60. The lowest BCUT2D eigenvalue weighted by Gasteiger charge is -2.10. The summed E-state index contributed by atoms with van der Waals surface area (Å²) < 4.78 is 30.9. The largest absolute Gasteiger partial charge is 0.493 e. The predicted molar refractivity (Wildman–Crippen MR) is 48.4 cm³/mol. The van der Waals surface area contributed by atoms with Crippen LogP contribution in [0.5, 0.6) is 5.75 Å². The van der Waals surface area contributed by atoms with E-state index in [1.54, 1.807) is 0 Å². The first-order valence-corrected chi connectivity index (χ1v) is 4.21. The maximum absolute atomic E-state index is 13.3. The van der Waals surface area contributed by atoms with E-state index in [0.717, 1.165) is 6.07 Å². The summed E-state index contributed by atoms with van der Waals surface area (Å²) in [5.74, 6) is -0.685. The normalized spacial score (nSPS) is 12.6. The van der Waals surface area contributed by atoms with E-state index in [1.165, 1.54) is 20.1 Å². The number of ether oxygens (including phenoxy) is 1. The Hall–Kier alpha value is -1.16. The van der Waals surface area contributed by atoms with Crippen LogP contribution in [-0.2, 0) is 6.61 Å². The van der Waals surface area contributed by atoms with E-state index in [2.05, 4.69) is 0 Å². The van der Waals surface area contributed by atoms with Crippen LogP contribution in [0.25, 0.3) is 0 Å². The summed E-state index contributed by atoms with van der Waals surface area (Å²) in [6.07, 6.45) is -1.26. The number of aliphatic hydroxyl groups is 1. The van der Waals surface area contributed by atoms with Crippen molar-refractivity contribution in [3.63, 3.8) is 0 Å². The highest BCUT2D eigenvalue weighted by atomic mass is 19.1. The van der Waals surface area contributed by atoms with Crippen LogP contribution in [0.15, 0.2) is 12.1 Å². The topological polar surface area (TPSA) is 29.5 Å². The van der Waals surface area contributed by atoms with Gasteiger partial charge in [-0.15, -0.1) is 0 Å². The van der Waals surface area contributed by atoms with Gasteiger partial charge in [-0.25, -0.2) is 8.78 Å². The molecule has 0 spiro atoms. The summed E-state index contributed by atoms with van der Waals surface area (Å²) in [4.78, 5) is 0. The van der Waals surface area contributed by atoms with Crippen molar-refractivity contribution in [1.82, 2.24) is 0 Å². The zero-order valence-corrected chi connectivity index (χ0v) is 8.05. The van der Waals surface area contributed by atoms with Crippen LogP contribution in [0, 0.1) is 5.82 Å². The van der Waals surface area contributed by atoms with Gasteiger partial charge in [-0.2, -0.15) is 0 Å². The summed E-state index contributed by atoms with van der Waals surface area (Å²) in [6, 6.07) is 2.47. The van der Waals surface area contributed by atoms with Gasteiger partial charge in [-0.3, -0.25) is 0 Å². The molecule has 1 aromatic carbocycles. The van der Waals surface area contributed by atoms with Crippen LogP contribution in [0.4, 0.5) is 8.78 Å². The summed E-state index contributed by atoms with van der Waals surface area (Å²) in [7, 11) is 1.30. The van der Waals surface area contributed by atoms with Crippen LogP contribution in [0.3, 0.4) is 0 Å². The highest BCUT2D eigenvalue weighted by Crippen LogP contribution is 2.28. The van der Waals surface area contributed by atoms with Crippen LogP contribution < -0.4 is 4.74 Å². The monoisotopic (exact) mass is 202 g/mol. The lowest BCUT2D eigenvalue weighted by atomic mass is 10.1. The molecule has 1 atom stereocenters. The predicted octanol–water partition coefficient (Wildman–Crippen LogP) is 2.36. The van der Waals surface area contributed by atoms with Gasteiger partial charge in [0.2, 0.25) is 0 Å². The number of halogens is 2. The molecule has 1 unspecified atom stereocenters. The molecule has 1 rings (SSSR count). The van der Waals surface area contributed by atoms with E-state index in [9.17, 15) is 8.78 Å². The maximum Gasteiger partial charge on any atom is 0.165 e. The van der Waals surface area contributed by atoms with E-state index < -0.39 is 12.0 Å². The molecule has 0 heterocycles. The minimum Gasteiger partial charge on any atom is -0.493 e. The summed E-state index contributed by atoms with van der Waals surface area (Å²) in [5, 5.41) is 8.91. The molecular formula is C10H12F2O2. The van der Waals surface area contributed by atoms with Crippen molar-refractivity contribution < 1.29 is 18.6 Å². The molecule has 0 amide bonds. The van der Waals surface area contributed by atoms with Crippen molar-refractivity contribution in [3.05, 3.63) is 29.1 Å². The SMILES string of the molecule is COc1c(F)cc(C(C)F)cc1CO. The average molecular weight is 202 g/mol. The molecular weight excluding hydrogens is 190 g/mol. The highest BCUT2D eigenvalue weighted by molar-refractivity contribution is 5.39. The fraction of sp³-hybridized carbons (Fsp3) is 0.400. The molecule has 0 fully saturated rings. The van der Waals surface area contributed by atoms with Crippen molar-refractivity contribution in [2.75, 3.05) is 7.11 Å². The fourth-order valence-corrected chi connectivity index (χ4v) is 1.25. The Morgan fingerprint density at radius 2 is 2.14 bits per heavy atom. The number of hydrogen-bond acceptors (Lipinski definition) is 2. The van der Waals surface area contributed by atoms with Crippen molar-refractivity contribution in [2.45, 2.75) is 19.7 Å². The zero-order valence-electron chi connectivity index (χ0n) is 8.05. The Balaban J connectivity index is 3.24. The lowest BCUT2D eigenvalue weighted by molar-refractivity contribution is 0.269. The molecule has 1 aromatic rings. The van der Waals surface area contributed by atoms with Crippen LogP contribution in [-0.4, -0.2) is 12.2 Å². The minimum absolute atomic E-state index is 0.0306. The Morgan fingerprint density at radius 3 is 2.57 bits per heavy atom. The summed E-state index contributed by atoms with van der Waals surface area (Å²) >= 11 is 0. The smallest absolute Gasteiger partial charge is 0.165 e. The molecule has 0 aliphatic heterocycles. The molecule has 0 radical (unpaired) electrons. The number of aliphatic hydroxyl groups excluding tert-OH is 1. The third kappa shape index (κ3) is 2.01. The van der Waals surface area contributed by atoms with Gasteiger partial charge in [0.05, 0.1) is 13.7 Å². The maximum atomic E-state index is 13.3. The molecule has 0 aliphatic rings. The second kappa shape index (κ2) is 4.37. The van der Waals surface area contributed by atoms with Gasteiger partial charge in [-0.05, 0) is 24.6 Å². The van der Waals surface area contributed by atoms with Gasteiger partial charge in [0, 0.05) is 5.56 Å².